The van der Waals surface area contributed by atoms with Gasteiger partial charge in [-0.2, -0.15) is 0 Å². The Morgan fingerprint density at radius 3 is 2.94 bits per heavy atom. The van der Waals surface area contributed by atoms with E-state index in [9.17, 15) is 4.79 Å². The molecule has 1 amide bonds. The number of pyridine rings is 2. The lowest BCUT2D eigenvalue weighted by Crippen LogP contribution is -2.36. The average Bonchev–Trinajstić information content (AvgIpc) is 3.14. The fourth-order valence-electron chi connectivity index (χ4n) is 4.44. The number of nitrogens with zero attached hydrogens (tertiary/aromatic N) is 3. The Hall–Kier alpha value is -3.97. The molecule has 1 aliphatic rings. The van der Waals surface area contributed by atoms with Gasteiger partial charge in [0.05, 0.1) is 31.4 Å². The van der Waals surface area contributed by atoms with Crippen molar-refractivity contribution < 1.29 is 14.3 Å². The van der Waals surface area contributed by atoms with E-state index in [1.165, 1.54) is 0 Å². The second kappa shape index (κ2) is 10.5. The number of amides is 1. The molecule has 0 bridgehead atoms. The highest BCUT2D eigenvalue weighted by Gasteiger charge is 2.26. The SMILES string of the molecule is COc1cccc(Nc2ncccc2C(=O)N2CCOC[C@H](Cc3cnc4ccccc4c3)C2)c1. The maximum atomic E-state index is 13.6. The van der Waals surface area contributed by atoms with Crippen molar-refractivity contribution in [1.82, 2.24) is 14.9 Å². The Morgan fingerprint density at radius 1 is 1.11 bits per heavy atom. The zero-order valence-electron chi connectivity index (χ0n) is 19.7. The number of rotatable bonds is 6. The van der Waals surface area contributed by atoms with Crippen molar-refractivity contribution >= 4 is 28.3 Å². The molecule has 7 nitrogen and oxygen atoms in total. The van der Waals surface area contributed by atoms with Gasteiger partial charge in [-0.3, -0.25) is 9.78 Å². The van der Waals surface area contributed by atoms with Gasteiger partial charge in [0, 0.05) is 48.5 Å². The number of carbonyl (C=O) groups is 1. The highest BCUT2D eigenvalue weighted by atomic mass is 16.5. The summed E-state index contributed by atoms with van der Waals surface area (Å²) in [6.07, 6.45) is 4.40. The Labute approximate surface area is 204 Å². The van der Waals surface area contributed by atoms with Gasteiger partial charge in [0.15, 0.2) is 0 Å². The zero-order chi connectivity index (χ0) is 24.0. The van der Waals surface area contributed by atoms with E-state index in [2.05, 4.69) is 27.4 Å². The number of anilines is 2. The molecule has 3 heterocycles. The Bertz CT molecular complexity index is 1330. The van der Waals surface area contributed by atoms with Crippen LogP contribution in [0.4, 0.5) is 11.5 Å². The molecule has 7 heteroatoms. The molecular formula is C28H28N4O3. The maximum Gasteiger partial charge on any atom is 0.257 e. The molecule has 1 aliphatic heterocycles. The molecule has 1 fully saturated rings. The summed E-state index contributed by atoms with van der Waals surface area (Å²) in [4.78, 5) is 24.5. The lowest BCUT2D eigenvalue weighted by Gasteiger charge is -2.24. The number of hydrogen-bond acceptors (Lipinski definition) is 6. The summed E-state index contributed by atoms with van der Waals surface area (Å²) in [6.45, 7) is 2.27. The van der Waals surface area contributed by atoms with Crippen LogP contribution in [-0.4, -0.2) is 54.2 Å². The van der Waals surface area contributed by atoms with Crippen LogP contribution in [0.15, 0.2) is 79.1 Å². The van der Waals surface area contributed by atoms with Crippen LogP contribution in [0.1, 0.15) is 15.9 Å². The largest absolute Gasteiger partial charge is 0.497 e. The summed E-state index contributed by atoms with van der Waals surface area (Å²) in [6, 6.07) is 21.4. The van der Waals surface area contributed by atoms with E-state index in [1.54, 1.807) is 19.4 Å². The second-order valence-corrected chi connectivity index (χ2v) is 8.69. The predicted octanol–water partition coefficient (Wildman–Crippen LogP) is 4.71. The van der Waals surface area contributed by atoms with Gasteiger partial charge in [0.1, 0.15) is 11.6 Å². The van der Waals surface area contributed by atoms with Gasteiger partial charge in [0.25, 0.3) is 5.91 Å². The standard InChI is InChI=1S/C28H28N4O3/c1-34-24-8-4-7-23(16-24)31-27-25(9-5-11-29-27)28(33)32-12-13-35-19-21(18-32)14-20-15-22-6-2-3-10-26(22)30-17-20/h2-11,15-17,21H,12-14,18-19H2,1H3,(H,29,31)/t21-/m1/s1. The smallest absolute Gasteiger partial charge is 0.257 e. The number of ether oxygens (including phenoxy) is 2. The molecule has 35 heavy (non-hydrogen) atoms. The third-order valence-corrected chi connectivity index (χ3v) is 6.17. The number of benzene rings is 2. The van der Waals surface area contributed by atoms with Crippen molar-refractivity contribution in [3.05, 3.63) is 90.3 Å². The van der Waals surface area contributed by atoms with Gasteiger partial charge >= 0.3 is 0 Å². The second-order valence-electron chi connectivity index (χ2n) is 8.69. The fraction of sp³-hybridized carbons (Fsp3) is 0.250. The van der Waals surface area contributed by atoms with Gasteiger partial charge in [-0.05, 0) is 48.4 Å². The van der Waals surface area contributed by atoms with Crippen LogP contribution in [0.25, 0.3) is 10.9 Å². The van der Waals surface area contributed by atoms with Gasteiger partial charge in [-0.15, -0.1) is 0 Å². The number of aromatic nitrogens is 2. The third kappa shape index (κ3) is 5.41. The molecular weight excluding hydrogens is 440 g/mol. The first-order valence-corrected chi connectivity index (χ1v) is 11.8. The molecule has 0 aliphatic carbocycles. The van der Waals surface area contributed by atoms with Crippen molar-refractivity contribution in [3.63, 3.8) is 0 Å². The number of para-hydroxylation sites is 1. The van der Waals surface area contributed by atoms with Crippen LogP contribution >= 0.6 is 0 Å². The van der Waals surface area contributed by atoms with Gasteiger partial charge in [-0.25, -0.2) is 4.98 Å². The minimum atomic E-state index is -0.0596. The van der Waals surface area contributed by atoms with E-state index in [1.807, 2.05) is 59.6 Å². The molecule has 1 saturated heterocycles. The normalized spacial score (nSPS) is 16.0. The van der Waals surface area contributed by atoms with Crippen molar-refractivity contribution in [2.75, 3.05) is 38.7 Å². The maximum absolute atomic E-state index is 13.6. The highest BCUT2D eigenvalue weighted by molar-refractivity contribution is 5.99. The number of fused-ring (bicyclic) bond motifs is 1. The molecule has 4 aromatic rings. The van der Waals surface area contributed by atoms with E-state index in [0.29, 0.717) is 37.7 Å². The van der Waals surface area contributed by atoms with Crippen LogP contribution < -0.4 is 10.1 Å². The summed E-state index contributed by atoms with van der Waals surface area (Å²) in [5, 5.41) is 4.39. The van der Waals surface area contributed by atoms with Crippen LogP contribution in [0.5, 0.6) is 5.75 Å². The summed E-state index contributed by atoms with van der Waals surface area (Å²) in [5.41, 5.74) is 3.47. The van der Waals surface area contributed by atoms with Gasteiger partial charge in [0.2, 0.25) is 0 Å². The summed E-state index contributed by atoms with van der Waals surface area (Å²) in [7, 11) is 1.63. The number of carbonyl (C=O) groups excluding carboxylic acids is 1. The van der Waals surface area contributed by atoms with Crippen LogP contribution in [0, 0.1) is 5.92 Å². The number of methoxy groups -OCH3 is 1. The number of hydrogen-bond donors (Lipinski definition) is 1. The molecule has 0 radical (unpaired) electrons. The van der Waals surface area contributed by atoms with Crippen molar-refractivity contribution in [3.8, 4) is 5.75 Å². The highest BCUT2D eigenvalue weighted by Crippen LogP contribution is 2.24. The third-order valence-electron chi connectivity index (χ3n) is 6.17. The first kappa shape index (κ1) is 22.8. The fourth-order valence-corrected chi connectivity index (χ4v) is 4.44. The summed E-state index contributed by atoms with van der Waals surface area (Å²) < 4.78 is 11.2. The van der Waals surface area contributed by atoms with Crippen molar-refractivity contribution in [2.24, 2.45) is 5.92 Å². The van der Waals surface area contributed by atoms with Crippen LogP contribution in [-0.2, 0) is 11.2 Å². The van der Waals surface area contributed by atoms with Crippen LogP contribution in [0.3, 0.4) is 0 Å². The molecule has 5 rings (SSSR count). The minimum Gasteiger partial charge on any atom is -0.497 e. The zero-order valence-corrected chi connectivity index (χ0v) is 19.7. The molecule has 1 N–H and O–H groups in total. The van der Waals surface area contributed by atoms with E-state index < -0.39 is 0 Å². The molecule has 1 atom stereocenters. The molecule has 0 saturated carbocycles. The minimum absolute atomic E-state index is 0.0596. The molecule has 178 valence electrons. The lowest BCUT2D eigenvalue weighted by molar-refractivity contribution is 0.0738. The predicted molar refractivity (Wildman–Crippen MR) is 136 cm³/mol. The van der Waals surface area contributed by atoms with E-state index in [-0.39, 0.29) is 11.8 Å². The van der Waals surface area contributed by atoms with Crippen molar-refractivity contribution in [1.29, 1.82) is 0 Å². The summed E-state index contributed by atoms with van der Waals surface area (Å²) in [5.74, 6) is 1.37. The Kier molecular flexibility index (Phi) is 6.86. The molecule has 2 aromatic carbocycles. The molecule has 0 unspecified atom stereocenters. The van der Waals surface area contributed by atoms with Crippen LogP contribution in [0.2, 0.25) is 0 Å². The van der Waals surface area contributed by atoms with Gasteiger partial charge < -0.3 is 19.7 Å². The molecule has 0 spiro atoms. The molecule has 2 aromatic heterocycles. The average molecular weight is 469 g/mol. The van der Waals surface area contributed by atoms with E-state index in [4.69, 9.17) is 9.47 Å². The van der Waals surface area contributed by atoms with E-state index >= 15 is 0 Å². The van der Waals surface area contributed by atoms with Gasteiger partial charge in [-0.1, -0.05) is 24.3 Å². The monoisotopic (exact) mass is 468 g/mol. The number of nitrogens with one attached hydrogen (secondary N) is 1. The topological polar surface area (TPSA) is 76.6 Å². The Balaban J connectivity index is 1.33. The first-order chi connectivity index (χ1) is 17.2. The van der Waals surface area contributed by atoms with E-state index in [0.717, 1.165) is 34.3 Å². The summed E-state index contributed by atoms with van der Waals surface area (Å²) >= 11 is 0. The first-order valence-electron chi connectivity index (χ1n) is 11.8. The van der Waals surface area contributed by atoms with Crippen molar-refractivity contribution in [2.45, 2.75) is 6.42 Å². The quantitative estimate of drug-likeness (QED) is 0.442. The lowest BCUT2D eigenvalue weighted by atomic mass is 9.99. The Morgan fingerprint density at radius 2 is 2.03 bits per heavy atom.